The van der Waals surface area contributed by atoms with Gasteiger partial charge in [-0.05, 0) is 57.2 Å². The molecule has 1 heterocycles. The number of nitrogens with two attached hydrogens (primary N) is 1. The molecule has 3 amide bonds. The average molecular weight is 536 g/mol. The highest BCUT2D eigenvalue weighted by atomic mass is 16.7. The number of rotatable bonds is 14. The molecule has 0 saturated carbocycles. The summed E-state index contributed by atoms with van der Waals surface area (Å²) in [6.45, 7) is 5.01. The van der Waals surface area contributed by atoms with E-state index in [0.717, 1.165) is 0 Å². The molecule has 1 aromatic carbocycles. The number of piperidine rings is 1. The smallest absolute Gasteiger partial charge is 0.407 e. The van der Waals surface area contributed by atoms with Crippen LogP contribution in [0.5, 0.6) is 0 Å². The van der Waals surface area contributed by atoms with Gasteiger partial charge in [0.05, 0.1) is 25.5 Å². The van der Waals surface area contributed by atoms with Crippen molar-refractivity contribution in [2.45, 2.75) is 51.7 Å². The van der Waals surface area contributed by atoms with Crippen molar-refractivity contribution in [3.8, 4) is 0 Å². The summed E-state index contributed by atoms with van der Waals surface area (Å²) in [6.07, 6.45) is 2.59. The standard InChI is InChI=1S/C25H37N5O8/c1-3-35-22(31)17-37-20-11-14-30(15-12-20)24(33)21(6-5-13-27-25(34)36-4-2)29-23(32)19-9-7-18(8-10-19)16-28-38-26/h7-10,16,20-21H,3-6,11-15,17,26H2,1-2H3,(H,27,34)(H,29,32)/t21-/m0/s1. The number of esters is 1. The topological polar surface area (TPSA) is 171 Å². The third-order valence-electron chi connectivity index (χ3n) is 5.75. The number of likely N-dealkylation sites (tertiary alicyclic amines) is 1. The maximum Gasteiger partial charge on any atom is 0.407 e. The van der Waals surface area contributed by atoms with Gasteiger partial charge in [0.25, 0.3) is 5.91 Å². The molecule has 0 bridgehead atoms. The normalized spacial score (nSPS) is 14.6. The predicted molar refractivity (Wildman–Crippen MR) is 137 cm³/mol. The molecule has 0 radical (unpaired) electrons. The average Bonchev–Trinajstić information content (AvgIpc) is 2.92. The Labute approximate surface area is 221 Å². The first-order valence-corrected chi connectivity index (χ1v) is 12.6. The quantitative estimate of drug-likeness (QED) is 0.137. The van der Waals surface area contributed by atoms with Crippen LogP contribution < -0.4 is 16.5 Å². The fourth-order valence-electron chi connectivity index (χ4n) is 3.84. The number of amides is 3. The first-order chi connectivity index (χ1) is 18.4. The van der Waals surface area contributed by atoms with Crippen molar-refractivity contribution in [3.63, 3.8) is 0 Å². The van der Waals surface area contributed by atoms with Gasteiger partial charge in [-0.1, -0.05) is 17.3 Å². The number of carbonyl (C=O) groups is 4. The molecule has 13 heteroatoms. The molecular weight excluding hydrogens is 498 g/mol. The lowest BCUT2D eigenvalue weighted by Gasteiger charge is -2.34. The van der Waals surface area contributed by atoms with Crippen molar-refractivity contribution < 1.29 is 38.3 Å². The number of oxime groups is 1. The van der Waals surface area contributed by atoms with E-state index in [9.17, 15) is 19.2 Å². The molecule has 0 aromatic heterocycles. The van der Waals surface area contributed by atoms with Gasteiger partial charge in [-0.3, -0.25) is 9.59 Å². The van der Waals surface area contributed by atoms with Crippen molar-refractivity contribution in [1.29, 1.82) is 0 Å². The van der Waals surface area contributed by atoms with Crippen molar-refractivity contribution >= 4 is 30.1 Å². The SMILES string of the molecule is CCOC(=O)COC1CCN(C(=O)[C@H](CCCNC(=O)OCC)NC(=O)c2ccc(C=NON)cc2)CC1. The second-order valence-corrected chi connectivity index (χ2v) is 8.42. The molecule has 0 spiro atoms. The van der Waals surface area contributed by atoms with Crippen molar-refractivity contribution in [2.24, 2.45) is 11.1 Å². The lowest BCUT2D eigenvalue weighted by Crippen LogP contribution is -2.51. The van der Waals surface area contributed by atoms with Gasteiger partial charge >= 0.3 is 12.1 Å². The Kier molecular flexibility index (Phi) is 13.6. The molecule has 1 aliphatic heterocycles. The summed E-state index contributed by atoms with van der Waals surface area (Å²) in [6, 6.07) is 5.74. The van der Waals surface area contributed by atoms with Crippen LogP contribution in [0, 0.1) is 0 Å². The minimum atomic E-state index is -0.796. The van der Waals surface area contributed by atoms with Crippen LogP contribution >= 0.6 is 0 Å². The van der Waals surface area contributed by atoms with E-state index in [1.54, 1.807) is 43.0 Å². The van der Waals surface area contributed by atoms with E-state index in [-0.39, 0.29) is 25.2 Å². The van der Waals surface area contributed by atoms with Gasteiger partial charge in [0, 0.05) is 25.2 Å². The zero-order chi connectivity index (χ0) is 27.8. The van der Waals surface area contributed by atoms with E-state index in [4.69, 9.17) is 20.1 Å². The number of benzene rings is 1. The monoisotopic (exact) mass is 535 g/mol. The molecule has 4 N–H and O–H groups in total. The van der Waals surface area contributed by atoms with Gasteiger partial charge in [-0.15, -0.1) is 5.90 Å². The summed E-state index contributed by atoms with van der Waals surface area (Å²) in [4.78, 5) is 55.2. The maximum atomic E-state index is 13.4. The highest BCUT2D eigenvalue weighted by Gasteiger charge is 2.30. The Hall–Kier alpha value is -3.71. The first-order valence-electron chi connectivity index (χ1n) is 12.6. The summed E-state index contributed by atoms with van der Waals surface area (Å²) >= 11 is 0. The highest BCUT2D eigenvalue weighted by Crippen LogP contribution is 2.16. The summed E-state index contributed by atoms with van der Waals surface area (Å²) < 4.78 is 15.3. The van der Waals surface area contributed by atoms with Gasteiger partial charge in [-0.25, -0.2) is 9.59 Å². The molecule has 1 fully saturated rings. The van der Waals surface area contributed by atoms with E-state index in [2.05, 4.69) is 20.7 Å². The van der Waals surface area contributed by atoms with E-state index in [1.807, 2.05) is 0 Å². The molecular formula is C25H37N5O8. The van der Waals surface area contributed by atoms with Gasteiger partial charge in [0.2, 0.25) is 5.91 Å². The fourth-order valence-corrected chi connectivity index (χ4v) is 3.84. The van der Waals surface area contributed by atoms with E-state index in [0.29, 0.717) is 63.1 Å². The Bertz CT molecular complexity index is 932. The van der Waals surface area contributed by atoms with Crippen LogP contribution in [0.25, 0.3) is 0 Å². The van der Waals surface area contributed by atoms with E-state index < -0.39 is 24.0 Å². The minimum Gasteiger partial charge on any atom is -0.464 e. The van der Waals surface area contributed by atoms with Crippen LogP contribution in [0.1, 0.15) is 55.5 Å². The summed E-state index contributed by atoms with van der Waals surface area (Å²) in [5.41, 5.74) is 1.04. The summed E-state index contributed by atoms with van der Waals surface area (Å²) in [7, 11) is 0. The van der Waals surface area contributed by atoms with Crippen LogP contribution in [0.3, 0.4) is 0 Å². The van der Waals surface area contributed by atoms with Crippen LogP contribution in [-0.4, -0.2) is 86.6 Å². The minimum absolute atomic E-state index is 0.123. The lowest BCUT2D eigenvalue weighted by atomic mass is 10.0. The van der Waals surface area contributed by atoms with E-state index >= 15 is 0 Å². The zero-order valence-corrected chi connectivity index (χ0v) is 21.9. The van der Waals surface area contributed by atoms with Crippen LogP contribution in [-0.2, 0) is 28.7 Å². The number of hydrogen-bond donors (Lipinski definition) is 3. The summed E-state index contributed by atoms with van der Waals surface area (Å²) in [5, 5.41) is 8.92. The Morgan fingerprint density at radius 2 is 1.79 bits per heavy atom. The number of ether oxygens (including phenoxy) is 3. The fraction of sp³-hybridized carbons (Fsp3) is 0.560. The zero-order valence-electron chi connectivity index (χ0n) is 21.9. The van der Waals surface area contributed by atoms with Crippen LogP contribution in [0.2, 0.25) is 0 Å². The molecule has 1 saturated heterocycles. The Morgan fingerprint density at radius 3 is 2.42 bits per heavy atom. The second-order valence-electron chi connectivity index (χ2n) is 8.42. The van der Waals surface area contributed by atoms with Crippen molar-refractivity contribution in [2.75, 3.05) is 39.5 Å². The lowest BCUT2D eigenvalue weighted by molar-refractivity contribution is -0.152. The van der Waals surface area contributed by atoms with E-state index in [1.165, 1.54) is 6.21 Å². The summed E-state index contributed by atoms with van der Waals surface area (Å²) in [5.74, 6) is 3.82. The molecule has 1 aromatic rings. The number of nitrogens with one attached hydrogen (secondary N) is 2. The molecule has 210 valence electrons. The van der Waals surface area contributed by atoms with Gasteiger partial charge < -0.3 is 34.7 Å². The van der Waals surface area contributed by atoms with Gasteiger partial charge in [0.1, 0.15) is 12.6 Å². The third kappa shape index (κ3) is 10.7. The first kappa shape index (κ1) is 30.5. The van der Waals surface area contributed by atoms with Crippen molar-refractivity contribution in [1.82, 2.24) is 15.5 Å². The van der Waals surface area contributed by atoms with Crippen LogP contribution in [0.15, 0.2) is 29.4 Å². The molecule has 1 aliphatic rings. The van der Waals surface area contributed by atoms with Gasteiger partial charge in [-0.2, -0.15) is 0 Å². The molecule has 2 rings (SSSR count). The number of carbonyl (C=O) groups excluding carboxylic acids is 4. The number of hydrogen-bond acceptors (Lipinski definition) is 10. The molecule has 38 heavy (non-hydrogen) atoms. The molecule has 0 aliphatic carbocycles. The second kappa shape index (κ2) is 16.9. The highest BCUT2D eigenvalue weighted by molar-refractivity contribution is 5.98. The number of nitrogens with zero attached hydrogens (tertiary/aromatic N) is 2. The van der Waals surface area contributed by atoms with Crippen molar-refractivity contribution in [3.05, 3.63) is 35.4 Å². The molecule has 13 nitrogen and oxygen atoms in total. The largest absolute Gasteiger partial charge is 0.464 e. The van der Waals surface area contributed by atoms with Gasteiger partial charge in [0.15, 0.2) is 0 Å². The predicted octanol–water partition coefficient (Wildman–Crippen LogP) is 1.11. The third-order valence-corrected chi connectivity index (χ3v) is 5.75. The molecule has 0 unspecified atom stereocenters. The van der Waals surface area contributed by atoms with Crippen LogP contribution in [0.4, 0.5) is 4.79 Å². The molecule has 1 atom stereocenters. The Balaban J connectivity index is 1.97. The number of alkyl carbamates (subject to hydrolysis) is 1. The Morgan fingerprint density at radius 1 is 1.11 bits per heavy atom. The maximum absolute atomic E-state index is 13.4.